The van der Waals surface area contributed by atoms with Crippen LogP contribution in [0.5, 0.6) is 0 Å². The Morgan fingerprint density at radius 3 is 2.81 bits per heavy atom. The fourth-order valence-corrected chi connectivity index (χ4v) is 6.12. The van der Waals surface area contributed by atoms with E-state index in [0.717, 1.165) is 0 Å². The Kier molecular flexibility index (Phi) is 7.61. The lowest BCUT2D eigenvalue weighted by atomic mass is 10.0. The van der Waals surface area contributed by atoms with Crippen LogP contribution in [0.4, 0.5) is 10.5 Å². The Labute approximate surface area is 215 Å². The molecule has 192 valence electrons. The van der Waals surface area contributed by atoms with Gasteiger partial charge in [0.05, 0.1) is 6.42 Å². The number of hydrogen-bond acceptors (Lipinski definition) is 10. The fourth-order valence-electron chi connectivity index (χ4n) is 3.82. The number of anilines is 1. The zero-order valence-corrected chi connectivity index (χ0v) is 21.1. The molecule has 3 heterocycles. The number of carboxylic acid groups (broad SMARTS) is 1. The number of rotatable bonds is 8. The molecule has 0 spiro atoms. The molecule has 0 bridgehead atoms. The van der Waals surface area contributed by atoms with Crippen molar-refractivity contribution in [3.8, 4) is 0 Å². The Balaban J connectivity index is 1.37. The third-order valence-corrected chi connectivity index (χ3v) is 7.79. The lowest BCUT2D eigenvalue weighted by Gasteiger charge is -2.49. The predicted molar refractivity (Wildman–Crippen MR) is 136 cm³/mol. The number of aliphatic carboxylic acids is 1. The summed E-state index contributed by atoms with van der Waals surface area (Å²) in [6, 6.07) is 5.27. The molecular weight excluding hydrogens is 508 g/mol. The molecule has 0 saturated carbocycles. The van der Waals surface area contributed by atoms with Crippen LogP contribution in [0.25, 0.3) is 0 Å². The number of carboxylic acids is 1. The highest BCUT2D eigenvalue weighted by molar-refractivity contribution is 8.14. The summed E-state index contributed by atoms with van der Waals surface area (Å²) in [5.74, 6) is -1.29. The van der Waals surface area contributed by atoms with Crippen LogP contribution in [0.2, 0.25) is 0 Å². The zero-order valence-electron chi connectivity index (χ0n) is 19.5. The molecule has 0 aliphatic carbocycles. The van der Waals surface area contributed by atoms with Gasteiger partial charge in [0.2, 0.25) is 5.91 Å². The number of carbonyl (C=O) groups excluding carboxylic acids is 3. The molecule has 1 fully saturated rings. The van der Waals surface area contributed by atoms with Crippen molar-refractivity contribution in [2.45, 2.75) is 37.7 Å². The van der Waals surface area contributed by atoms with Gasteiger partial charge in [-0.05, 0) is 37.1 Å². The second-order valence-electron chi connectivity index (χ2n) is 8.46. The highest BCUT2D eigenvalue weighted by Crippen LogP contribution is 2.41. The van der Waals surface area contributed by atoms with Crippen LogP contribution in [0.3, 0.4) is 0 Å². The molecule has 1 aromatic carbocycles. The van der Waals surface area contributed by atoms with E-state index < -0.39 is 29.3 Å². The first kappa shape index (κ1) is 25.7. The lowest BCUT2D eigenvalue weighted by Crippen LogP contribution is -2.70. The number of fused-ring (bicyclic) bond motifs is 1. The van der Waals surface area contributed by atoms with Crippen LogP contribution in [-0.4, -0.2) is 73.1 Å². The third kappa shape index (κ3) is 5.52. The number of nitrogens with two attached hydrogens (primary N) is 1. The maximum atomic E-state index is 12.9. The van der Waals surface area contributed by atoms with Gasteiger partial charge in [0, 0.05) is 23.2 Å². The standard InChI is InChI=1S/C21H26N8O5S2/c1-10(2)29-26-21(25-27-29)36-9-12-8-35-18-15(17(31)28(18)16(12)19(32)33)24-14(30)7-11-4-3-5-13(6-11)23-20(22)34/h3-6,10,15,18,27H,7-9H2,1-2H3,(H,24,30)(H,25,26)(H,32,33)(H3,22,23,34)/t15?,18-/m0/s1. The monoisotopic (exact) mass is 534 g/mol. The van der Waals surface area contributed by atoms with Crippen LogP contribution < -0.4 is 27.3 Å². The minimum Gasteiger partial charge on any atom is -0.477 e. The smallest absolute Gasteiger partial charge is 0.352 e. The maximum Gasteiger partial charge on any atom is 0.352 e. The van der Waals surface area contributed by atoms with Crippen LogP contribution in [-0.2, 0) is 20.8 Å². The van der Waals surface area contributed by atoms with Gasteiger partial charge in [0.25, 0.3) is 5.91 Å². The van der Waals surface area contributed by atoms with E-state index in [-0.39, 0.29) is 24.1 Å². The van der Waals surface area contributed by atoms with E-state index in [0.29, 0.717) is 33.5 Å². The van der Waals surface area contributed by atoms with Crippen molar-refractivity contribution < 1.29 is 24.3 Å². The molecule has 3 aliphatic rings. The number of hydrazone groups is 1. The van der Waals surface area contributed by atoms with Crippen molar-refractivity contribution in [2.24, 2.45) is 10.8 Å². The Hall–Kier alpha value is -3.43. The number of nitrogens with zero attached hydrogens (tertiary/aromatic N) is 3. The number of primary amides is 1. The molecule has 15 heteroatoms. The number of β-lactam (4-membered cyclic amide) rings is 1. The first-order valence-corrected chi connectivity index (χ1v) is 13.0. The number of hydrazine groups is 2. The number of amides is 4. The molecule has 13 nitrogen and oxygen atoms in total. The summed E-state index contributed by atoms with van der Waals surface area (Å²) in [6.45, 7) is 3.96. The molecule has 4 amide bonds. The minimum atomic E-state index is -1.18. The zero-order chi connectivity index (χ0) is 26.0. The summed E-state index contributed by atoms with van der Waals surface area (Å²) < 4.78 is 0. The second-order valence-corrected chi connectivity index (χ2v) is 10.5. The summed E-state index contributed by atoms with van der Waals surface area (Å²) in [6.07, 6.45) is -0.0183. The Morgan fingerprint density at radius 2 is 2.14 bits per heavy atom. The van der Waals surface area contributed by atoms with Crippen molar-refractivity contribution in [1.29, 1.82) is 0 Å². The van der Waals surface area contributed by atoms with Crippen LogP contribution in [0.1, 0.15) is 19.4 Å². The fraction of sp³-hybridized carbons (Fsp3) is 0.381. The Bertz CT molecular complexity index is 1160. The molecule has 36 heavy (non-hydrogen) atoms. The minimum absolute atomic E-state index is 0.0183. The van der Waals surface area contributed by atoms with E-state index in [4.69, 9.17) is 5.73 Å². The van der Waals surface area contributed by atoms with Crippen LogP contribution in [0.15, 0.2) is 40.6 Å². The van der Waals surface area contributed by atoms with Gasteiger partial charge in [-0.2, -0.15) is 0 Å². The number of urea groups is 1. The van der Waals surface area contributed by atoms with Crippen molar-refractivity contribution in [3.05, 3.63) is 41.1 Å². The normalized spacial score (nSPS) is 21.2. The van der Waals surface area contributed by atoms with Crippen molar-refractivity contribution in [1.82, 2.24) is 26.3 Å². The molecule has 0 aromatic heterocycles. The molecule has 2 atom stereocenters. The molecule has 1 unspecified atom stereocenters. The number of nitrogens with one attached hydrogen (secondary N) is 4. The number of thioether (sulfide) groups is 2. The predicted octanol–water partition coefficient (Wildman–Crippen LogP) is 0.196. The summed E-state index contributed by atoms with van der Waals surface area (Å²) in [4.78, 5) is 49.8. The van der Waals surface area contributed by atoms with Crippen molar-refractivity contribution >= 4 is 58.2 Å². The first-order valence-electron chi connectivity index (χ1n) is 11.0. The van der Waals surface area contributed by atoms with Crippen molar-refractivity contribution in [2.75, 3.05) is 16.8 Å². The Morgan fingerprint density at radius 1 is 1.36 bits per heavy atom. The number of carbonyl (C=O) groups is 4. The van der Waals surface area contributed by atoms with E-state index in [1.165, 1.54) is 28.4 Å². The van der Waals surface area contributed by atoms with Gasteiger partial charge in [0.15, 0.2) is 5.17 Å². The van der Waals surface area contributed by atoms with E-state index in [9.17, 15) is 24.3 Å². The molecule has 1 saturated heterocycles. The van der Waals surface area contributed by atoms with Gasteiger partial charge in [-0.1, -0.05) is 23.9 Å². The van der Waals surface area contributed by atoms with Crippen molar-refractivity contribution in [3.63, 3.8) is 0 Å². The van der Waals surface area contributed by atoms with E-state index in [2.05, 4.69) is 26.7 Å². The second kappa shape index (κ2) is 10.7. The van der Waals surface area contributed by atoms with Gasteiger partial charge in [-0.3, -0.25) is 19.9 Å². The molecule has 1 aromatic rings. The third-order valence-electron chi connectivity index (χ3n) is 5.50. The first-order chi connectivity index (χ1) is 17.1. The highest BCUT2D eigenvalue weighted by Gasteiger charge is 2.54. The average molecular weight is 535 g/mol. The molecule has 0 radical (unpaired) electrons. The number of amidine groups is 1. The topological polar surface area (TPSA) is 181 Å². The lowest BCUT2D eigenvalue weighted by molar-refractivity contribution is -0.150. The van der Waals surface area contributed by atoms with E-state index >= 15 is 0 Å². The highest BCUT2D eigenvalue weighted by atomic mass is 32.2. The molecule has 3 aliphatic heterocycles. The quantitative estimate of drug-likeness (QED) is 0.252. The van der Waals surface area contributed by atoms with E-state index in [1.54, 1.807) is 29.4 Å². The summed E-state index contributed by atoms with van der Waals surface area (Å²) >= 11 is 2.75. The van der Waals surface area contributed by atoms with Crippen LogP contribution in [0, 0.1) is 0 Å². The summed E-state index contributed by atoms with van der Waals surface area (Å²) in [5.41, 5.74) is 12.7. The van der Waals surface area contributed by atoms with Gasteiger partial charge >= 0.3 is 12.0 Å². The molecule has 4 rings (SSSR count). The average Bonchev–Trinajstić information content (AvgIpc) is 3.29. The van der Waals surface area contributed by atoms with Crippen LogP contribution >= 0.6 is 23.5 Å². The molecule has 7 N–H and O–H groups in total. The number of benzene rings is 1. The molecular formula is C21H26N8O5S2. The van der Waals surface area contributed by atoms with Gasteiger partial charge in [-0.15, -0.1) is 22.0 Å². The summed E-state index contributed by atoms with van der Waals surface area (Å²) in [7, 11) is 0. The largest absolute Gasteiger partial charge is 0.477 e. The maximum absolute atomic E-state index is 12.9. The van der Waals surface area contributed by atoms with Gasteiger partial charge < -0.3 is 21.5 Å². The number of hydrogen-bond donors (Lipinski definition) is 6. The van der Waals surface area contributed by atoms with E-state index in [1.807, 2.05) is 13.8 Å². The SMILES string of the molecule is CC(C)N1NN=C(SCC2=C(C(=O)O)N3C(=O)C(NC(=O)Cc4cccc(NC(N)=O)c4)[C@@H]3SC2)N1. The van der Waals surface area contributed by atoms with Gasteiger partial charge in [-0.25, -0.2) is 15.1 Å². The summed E-state index contributed by atoms with van der Waals surface area (Å²) in [5, 5.41) is 21.0. The van der Waals surface area contributed by atoms with Gasteiger partial charge in [0.1, 0.15) is 17.1 Å².